The topological polar surface area (TPSA) is 20.3 Å². The molecule has 1 aromatic heterocycles. The Morgan fingerprint density at radius 3 is 2.44 bits per heavy atom. The molecule has 3 aromatic rings. The van der Waals surface area contributed by atoms with Crippen LogP contribution in [0.1, 0.15) is 28.1 Å². The van der Waals surface area contributed by atoms with Crippen LogP contribution in [0.25, 0.3) is 10.1 Å². The van der Waals surface area contributed by atoms with E-state index in [4.69, 9.17) is 11.6 Å². The van der Waals surface area contributed by atoms with Crippen molar-refractivity contribution in [2.45, 2.75) is 19.3 Å². The van der Waals surface area contributed by atoms with Gasteiger partial charge in [0.15, 0.2) is 0 Å². The van der Waals surface area contributed by atoms with E-state index in [2.05, 4.69) is 30.3 Å². The number of fused-ring (bicyclic) bond motifs is 1. The van der Waals surface area contributed by atoms with E-state index in [9.17, 15) is 4.79 Å². The molecule has 0 spiro atoms. The number of halogens is 1. The molecule has 1 aliphatic heterocycles. The molecule has 0 unspecified atom stereocenters. The average molecular weight is 370 g/mol. The fourth-order valence-electron chi connectivity index (χ4n) is 3.58. The second-order valence-electron chi connectivity index (χ2n) is 6.67. The molecule has 1 aliphatic rings. The van der Waals surface area contributed by atoms with Gasteiger partial charge >= 0.3 is 0 Å². The van der Waals surface area contributed by atoms with Gasteiger partial charge in [0, 0.05) is 23.2 Å². The van der Waals surface area contributed by atoms with Gasteiger partial charge in [0.25, 0.3) is 5.91 Å². The van der Waals surface area contributed by atoms with E-state index in [1.807, 2.05) is 29.2 Å². The lowest BCUT2D eigenvalue weighted by atomic mass is 9.90. The first-order valence-corrected chi connectivity index (χ1v) is 9.92. The second kappa shape index (κ2) is 7.19. The number of rotatable bonds is 3. The van der Waals surface area contributed by atoms with Crippen molar-refractivity contribution in [3.63, 3.8) is 0 Å². The maximum absolute atomic E-state index is 12.9. The molecule has 1 saturated heterocycles. The van der Waals surface area contributed by atoms with Gasteiger partial charge in [-0.05, 0) is 36.8 Å². The number of hydrogen-bond acceptors (Lipinski definition) is 2. The van der Waals surface area contributed by atoms with E-state index < -0.39 is 0 Å². The fraction of sp³-hybridized carbons (Fsp3) is 0.286. The summed E-state index contributed by atoms with van der Waals surface area (Å²) < 4.78 is 1.08. The molecular weight excluding hydrogens is 350 g/mol. The van der Waals surface area contributed by atoms with Gasteiger partial charge in [0.1, 0.15) is 4.88 Å². The van der Waals surface area contributed by atoms with Crippen molar-refractivity contribution in [1.29, 1.82) is 0 Å². The lowest BCUT2D eigenvalue weighted by molar-refractivity contribution is 0.0696. The molecular formula is C21H20ClNOS. The summed E-state index contributed by atoms with van der Waals surface area (Å²) in [6.45, 7) is 1.64. The summed E-state index contributed by atoms with van der Waals surface area (Å²) in [5.41, 5.74) is 1.39. The van der Waals surface area contributed by atoms with Crippen LogP contribution in [0.15, 0.2) is 54.6 Å². The Morgan fingerprint density at radius 1 is 1.04 bits per heavy atom. The number of amides is 1. The molecule has 0 saturated carbocycles. The lowest BCUT2D eigenvalue weighted by Gasteiger charge is -2.32. The van der Waals surface area contributed by atoms with E-state index >= 15 is 0 Å². The predicted molar refractivity (Wildman–Crippen MR) is 106 cm³/mol. The monoisotopic (exact) mass is 369 g/mol. The van der Waals surface area contributed by atoms with E-state index in [0.717, 1.165) is 42.4 Å². The Morgan fingerprint density at radius 2 is 1.72 bits per heavy atom. The summed E-state index contributed by atoms with van der Waals surface area (Å²) in [5.74, 6) is 0.744. The molecule has 0 atom stereocenters. The quantitative estimate of drug-likeness (QED) is 0.584. The number of carbonyl (C=O) groups is 1. The van der Waals surface area contributed by atoms with Gasteiger partial charge in [0.05, 0.1) is 5.02 Å². The van der Waals surface area contributed by atoms with Crippen molar-refractivity contribution >= 4 is 38.9 Å². The van der Waals surface area contributed by atoms with Crippen LogP contribution in [0.4, 0.5) is 0 Å². The first-order valence-electron chi connectivity index (χ1n) is 8.72. The van der Waals surface area contributed by atoms with Crippen LogP contribution in [0.3, 0.4) is 0 Å². The minimum atomic E-state index is 0.0874. The lowest BCUT2D eigenvalue weighted by Crippen LogP contribution is -2.38. The van der Waals surface area contributed by atoms with Gasteiger partial charge in [-0.1, -0.05) is 60.1 Å². The molecule has 1 fully saturated rings. The molecule has 2 heterocycles. The number of carbonyl (C=O) groups excluding carboxylic acids is 1. The zero-order valence-electron chi connectivity index (χ0n) is 14.0. The molecule has 2 nitrogen and oxygen atoms in total. The summed E-state index contributed by atoms with van der Waals surface area (Å²) in [6, 6.07) is 18.6. The number of hydrogen-bond donors (Lipinski definition) is 0. The first kappa shape index (κ1) is 16.6. The molecule has 128 valence electrons. The van der Waals surface area contributed by atoms with Crippen LogP contribution < -0.4 is 0 Å². The van der Waals surface area contributed by atoms with Crippen molar-refractivity contribution in [2.24, 2.45) is 5.92 Å². The predicted octanol–water partition coefficient (Wildman–Crippen LogP) is 5.65. The highest BCUT2D eigenvalue weighted by molar-refractivity contribution is 7.21. The molecule has 2 aromatic carbocycles. The smallest absolute Gasteiger partial charge is 0.265 e. The second-order valence-corrected chi connectivity index (χ2v) is 8.10. The Hall–Kier alpha value is -1.84. The molecule has 4 rings (SSSR count). The first-order chi connectivity index (χ1) is 12.2. The Balaban J connectivity index is 1.43. The van der Waals surface area contributed by atoms with Crippen molar-refractivity contribution in [1.82, 2.24) is 4.90 Å². The molecule has 0 N–H and O–H groups in total. The van der Waals surface area contributed by atoms with Crippen LogP contribution >= 0.6 is 22.9 Å². The van der Waals surface area contributed by atoms with Crippen molar-refractivity contribution in [3.8, 4) is 0 Å². The maximum atomic E-state index is 12.9. The zero-order valence-corrected chi connectivity index (χ0v) is 15.5. The maximum Gasteiger partial charge on any atom is 0.265 e. The third kappa shape index (κ3) is 3.44. The van der Waals surface area contributed by atoms with Gasteiger partial charge < -0.3 is 4.90 Å². The van der Waals surface area contributed by atoms with Crippen LogP contribution in [-0.2, 0) is 6.42 Å². The standard InChI is InChI=1S/C21H20ClNOS/c22-19-17-8-4-5-9-18(17)25-20(19)21(24)23-12-10-16(11-13-23)14-15-6-2-1-3-7-15/h1-9,16H,10-14H2. The van der Waals surface area contributed by atoms with Crippen molar-refractivity contribution in [3.05, 3.63) is 70.1 Å². The van der Waals surface area contributed by atoms with Gasteiger partial charge in [-0.2, -0.15) is 0 Å². The minimum absolute atomic E-state index is 0.0874. The highest BCUT2D eigenvalue weighted by Crippen LogP contribution is 2.36. The number of piperidine rings is 1. The van der Waals surface area contributed by atoms with Crippen LogP contribution in [0.5, 0.6) is 0 Å². The van der Waals surface area contributed by atoms with Crippen LogP contribution in [0, 0.1) is 5.92 Å². The summed E-state index contributed by atoms with van der Waals surface area (Å²) in [6.07, 6.45) is 3.22. The Labute approximate surface area is 157 Å². The van der Waals surface area contributed by atoms with Gasteiger partial charge in [0.2, 0.25) is 0 Å². The summed E-state index contributed by atoms with van der Waals surface area (Å²) in [4.78, 5) is 15.6. The van der Waals surface area contributed by atoms with Crippen molar-refractivity contribution in [2.75, 3.05) is 13.1 Å². The summed E-state index contributed by atoms with van der Waals surface area (Å²) >= 11 is 7.98. The summed E-state index contributed by atoms with van der Waals surface area (Å²) in [7, 11) is 0. The number of thiophene rings is 1. The molecule has 25 heavy (non-hydrogen) atoms. The number of nitrogens with zero attached hydrogens (tertiary/aromatic N) is 1. The van der Waals surface area contributed by atoms with Gasteiger partial charge in [-0.25, -0.2) is 0 Å². The van der Waals surface area contributed by atoms with Crippen LogP contribution in [-0.4, -0.2) is 23.9 Å². The average Bonchev–Trinajstić information content (AvgIpc) is 3.00. The SMILES string of the molecule is O=C(c1sc2ccccc2c1Cl)N1CCC(Cc2ccccc2)CC1. The van der Waals surface area contributed by atoms with Crippen molar-refractivity contribution < 1.29 is 4.79 Å². The zero-order chi connectivity index (χ0) is 17.2. The molecule has 0 aliphatic carbocycles. The Bertz CT molecular complexity index is 881. The summed E-state index contributed by atoms with van der Waals surface area (Å²) in [5, 5.41) is 1.59. The van der Waals surface area contributed by atoms with Crippen LogP contribution in [0.2, 0.25) is 5.02 Å². The fourth-order valence-corrected chi connectivity index (χ4v) is 5.06. The molecule has 0 radical (unpaired) electrons. The molecule has 0 bridgehead atoms. The Kier molecular flexibility index (Phi) is 4.78. The normalized spacial score (nSPS) is 15.6. The number of benzene rings is 2. The third-order valence-corrected chi connectivity index (χ3v) is 6.66. The highest BCUT2D eigenvalue weighted by Gasteiger charge is 2.26. The molecule has 4 heteroatoms. The van der Waals surface area contributed by atoms with E-state index in [0.29, 0.717) is 15.8 Å². The van der Waals surface area contributed by atoms with E-state index in [1.54, 1.807) is 0 Å². The number of likely N-dealkylation sites (tertiary alicyclic amines) is 1. The third-order valence-electron chi connectivity index (χ3n) is 5.00. The van der Waals surface area contributed by atoms with Gasteiger partial charge in [-0.15, -0.1) is 11.3 Å². The molecule has 1 amide bonds. The van der Waals surface area contributed by atoms with E-state index in [-0.39, 0.29) is 5.91 Å². The minimum Gasteiger partial charge on any atom is -0.338 e. The highest BCUT2D eigenvalue weighted by atomic mass is 35.5. The van der Waals surface area contributed by atoms with E-state index in [1.165, 1.54) is 16.9 Å². The largest absolute Gasteiger partial charge is 0.338 e. The van der Waals surface area contributed by atoms with Gasteiger partial charge in [-0.3, -0.25) is 4.79 Å².